The van der Waals surface area contributed by atoms with Crippen LogP contribution in [0.25, 0.3) is 0 Å². The van der Waals surface area contributed by atoms with Crippen molar-refractivity contribution < 1.29 is 13.2 Å². The van der Waals surface area contributed by atoms with Crippen molar-refractivity contribution in [2.45, 2.75) is 85.2 Å². The molecule has 1 N–H and O–H groups in total. The molecule has 0 bridgehead atoms. The number of rotatable bonds is 6. The summed E-state index contributed by atoms with van der Waals surface area (Å²) in [6.07, 6.45) is 5.48. The number of nitrogens with one attached hydrogen (secondary N) is 1. The molecular formula is C18H35NO3S. The monoisotopic (exact) mass is 345 g/mol. The molecule has 0 aromatic heterocycles. The van der Waals surface area contributed by atoms with E-state index in [-0.39, 0.29) is 28.7 Å². The van der Waals surface area contributed by atoms with E-state index in [1.165, 1.54) is 6.42 Å². The molecule has 0 aromatic rings. The predicted molar refractivity (Wildman–Crippen MR) is 96.4 cm³/mol. The molecule has 1 aliphatic rings. The highest BCUT2D eigenvalue weighted by Gasteiger charge is 2.35. The second-order valence-electron chi connectivity index (χ2n) is 9.14. The molecule has 0 radical (unpaired) electrons. The number of hydrogen-bond acceptors (Lipinski definition) is 4. The number of carbonyl (C=O) groups is 1. The van der Waals surface area contributed by atoms with Gasteiger partial charge in [-0.15, -0.1) is 0 Å². The van der Waals surface area contributed by atoms with Gasteiger partial charge in [0.05, 0.1) is 17.5 Å². The van der Waals surface area contributed by atoms with Gasteiger partial charge < -0.3 is 5.32 Å². The van der Waals surface area contributed by atoms with Crippen LogP contribution in [0.1, 0.15) is 73.6 Å². The van der Waals surface area contributed by atoms with E-state index in [1.807, 2.05) is 41.5 Å². The maximum absolute atomic E-state index is 12.7. The summed E-state index contributed by atoms with van der Waals surface area (Å²) in [5.41, 5.74) is -0.852. The van der Waals surface area contributed by atoms with Crippen molar-refractivity contribution in [1.82, 2.24) is 5.32 Å². The van der Waals surface area contributed by atoms with Crippen LogP contribution in [0, 0.1) is 11.3 Å². The molecule has 1 aliphatic carbocycles. The van der Waals surface area contributed by atoms with Crippen LogP contribution in [0.3, 0.4) is 0 Å². The van der Waals surface area contributed by atoms with Crippen LogP contribution >= 0.6 is 0 Å². The van der Waals surface area contributed by atoms with Crippen molar-refractivity contribution in [3.63, 3.8) is 0 Å². The highest BCUT2D eigenvalue weighted by atomic mass is 32.2. The fourth-order valence-electron chi connectivity index (χ4n) is 3.26. The van der Waals surface area contributed by atoms with Gasteiger partial charge in [-0.25, -0.2) is 8.42 Å². The van der Waals surface area contributed by atoms with E-state index < -0.39 is 21.3 Å². The molecule has 1 unspecified atom stereocenters. The van der Waals surface area contributed by atoms with Gasteiger partial charge in [-0.3, -0.25) is 4.79 Å². The van der Waals surface area contributed by atoms with E-state index in [9.17, 15) is 13.2 Å². The zero-order valence-electron chi connectivity index (χ0n) is 15.7. The smallest absolute Gasteiger partial charge is 0.156 e. The van der Waals surface area contributed by atoms with Crippen LogP contribution < -0.4 is 5.32 Å². The van der Waals surface area contributed by atoms with E-state index in [1.54, 1.807) is 0 Å². The predicted octanol–water partition coefficient (Wildman–Crippen LogP) is 3.35. The van der Waals surface area contributed by atoms with Gasteiger partial charge in [-0.1, -0.05) is 40.0 Å². The first-order chi connectivity index (χ1) is 10.3. The number of ketones is 1. The Morgan fingerprint density at radius 2 is 1.57 bits per heavy atom. The normalized spacial score (nSPS) is 19.6. The minimum atomic E-state index is -3.24. The molecule has 0 amide bonds. The second-order valence-corrected chi connectivity index (χ2v) is 11.3. The summed E-state index contributed by atoms with van der Waals surface area (Å²) >= 11 is 0. The molecular weight excluding hydrogens is 310 g/mol. The standard InChI is InChI=1S/C18H35NO3S/c1-17(2,3)16(20)15(19-18(4,5)6)13-23(21,22)12-14-10-8-7-9-11-14/h14-15,19H,7-13H2,1-6H3. The van der Waals surface area contributed by atoms with Gasteiger partial charge in [0.2, 0.25) is 0 Å². The number of Topliss-reactive ketones (excluding diaryl/α,β-unsaturated/α-hetero) is 1. The number of carbonyl (C=O) groups excluding carboxylic acids is 1. The van der Waals surface area contributed by atoms with E-state index in [2.05, 4.69) is 5.32 Å². The lowest BCUT2D eigenvalue weighted by Crippen LogP contribution is -2.54. The van der Waals surface area contributed by atoms with Crippen LogP contribution in [-0.2, 0) is 14.6 Å². The van der Waals surface area contributed by atoms with Crippen molar-refractivity contribution in [2.24, 2.45) is 11.3 Å². The Hall–Kier alpha value is -0.420. The molecule has 5 heteroatoms. The third kappa shape index (κ3) is 7.79. The van der Waals surface area contributed by atoms with Crippen LogP contribution in [0.5, 0.6) is 0 Å². The van der Waals surface area contributed by atoms with Crippen molar-refractivity contribution in [2.75, 3.05) is 11.5 Å². The molecule has 136 valence electrons. The first-order valence-corrected chi connectivity index (χ1v) is 10.6. The topological polar surface area (TPSA) is 63.2 Å². The second kappa shape index (κ2) is 7.64. The van der Waals surface area contributed by atoms with Crippen LogP contribution in [0.15, 0.2) is 0 Å². The molecule has 23 heavy (non-hydrogen) atoms. The van der Waals surface area contributed by atoms with Gasteiger partial charge in [-0.2, -0.15) is 0 Å². The lowest BCUT2D eigenvalue weighted by atomic mass is 9.86. The summed E-state index contributed by atoms with van der Waals surface area (Å²) in [5, 5.41) is 3.23. The summed E-state index contributed by atoms with van der Waals surface area (Å²) in [7, 11) is -3.24. The minimum Gasteiger partial charge on any atom is -0.302 e. The third-order valence-corrected chi connectivity index (χ3v) is 6.12. The van der Waals surface area contributed by atoms with Crippen molar-refractivity contribution >= 4 is 15.6 Å². The van der Waals surface area contributed by atoms with E-state index in [0.29, 0.717) is 0 Å². The third-order valence-electron chi connectivity index (χ3n) is 4.30. The summed E-state index contributed by atoms with van der Waals surface area (Å²) in [5.74, 6) is 0.386. The molecule has 0 saturated heterocycles. The van der Waals surface area contributed by atoms with E-state index in [0.717, 1.165) is 25.7 Å². The molecule has 0 spiro atoms. The Morgan fingerprint density at radius 3 is 2.00 bits per heavy atom. The Bertz CT molecular complexity index is 491. The molecule has 0 heterocycles. The molecule has 1 saturated carbocycles. The molecule has 1 atom stereocenters. The first-order valence-electron chi connectivity index (χ1n) is 8.83. The van der Waals surface area contributed by atoms with Crippen LogP contribution in [0.2, 0.25) is 0 Å². The molecule has 4 nitrogen and oxygen atoms in total. The Balaban J connectivity index is 2.83. The summed E-state index contributed by atoms with van der Waals surface area (Å²) < 4.78 is 25.3. The van der Waals surface area contributed by atoms with Gasteiger partial charge in [0.15, 0.2) is 15.6 Å². The molecule has 1 rings (SSSR count). The maximum atomic E-state index is 12.7. The summed E-state index contributed by atoms with van der Waals surface area (Å²) in [6, 6.07) is -0.636. The molecule has 0 aliphatic heterocycles. The first kappa shape index (κ1) is 20.6. The van der Waals surface area contributed by atoms with Gasteiger partial charge in [0.25, 0.3) is 0 Å². The Labute approximate surface area is 142 Å². The zero-order valence-corrected chi connectivity index (χ0v) is 16.6. The highest BCUT2D eigenvalue weighted by molar-refractivity contribution is 7.91. The summed E-state index contributed by atoms with van der Waals surface area (Å²) in [6.45, 7) is 11.4. The van der Waals surface area contributed by atoms with Crippen molar-refractivity contribution in [1.29, 1.82) is 0 Å². The number of sulfone groups is 1. The fourth-order valence-corrected chi connectivity index (χ4v) is 5.19. The average Bonchev–Trinajstić information content (AvgIpc) is 2.34. The largest absolute Gasteiger partial charge is 0.302 e. The van der Waals surface area contributed by atoms with Crippen LogP contribution in [0.4, 0.5) is 0 Å². The van der Waals surface area contributed by atoms with Gasteiger partial charge in [0.1, 0.15) is 0 Å². The van der Waals surface area contributed by atoms with E-state index in [4.69, 9.17) is 0 Å². The zero-order chi connectivity index (χ0) is 17.9. The lowest BCUT2D eigenvalue weighted by molar-refractivity contribution is -0.128. The Morgan fingerprint density at radius 1 is 1.04 bits per heavy atom. The average molecular weight is 346 g/mol. The SMILES string of the molecule is CC(C)(C)NC(CS(=O)(=O)CC1CCCCC1)C(=O)C(C)(C)C. The lowest BCUT2D eigenvalue weighted by Gasteiger charge is -2.32. The maximum Gasteiger partial charge on any atom is 0.156 e. The van der Waals surface area contributed by atoms with Crippen molar-refractivity contribution in [3.05, 3.63) is 0 Å². The van der Waals surface area contributed by atoms with Gasteiger partial charge in [0, 0.05) is 11.0 Å². The highest BCUT2D eigenvalue weighted by Crippen LogP contribution is 2.26. The molecule has 1 fully saturated rings. The number of hydrogen-bond donors (Lipinski definition) is 1. The summed E-state index contributed by atoms with van der Waals surface area (Å²) in [4.78, 5) is 12.7. The van der Waals surface area contributed by atoms with Crippen molar-refractivity contribution in [3.8, 4) is 0 Å². The minimum absolute atomic E-state index is 0.0281. The fraction of sp³-hybridized carbons (Fsp3) is 0.944. The van der Waals surface area contributed by atoms with Gasteiger partial charge in [-0.05, 0) is 39.5 Å². The van der Waals surface area contributed by atoms with E-state index >= 15 is 0 Å². The molecule has 0 aromatic carbocycles. The van der Waals surface area contributed by atoms with Gasteiger partial charge >= 0.3 is 0 Å². The van der Waals surface area contributed by atoms with Crippen LogP contribution in [-0.4, -0.2) is 37.3 Å². The Kier molecular flexibility index (Phi) is 6.85. The quantitative estimate of drug-likeness (QED) is 0.802.